The van der Waals surface area contributed by atoms with Gasteiger partial charge in [0.05, 0.1) is 22.9 Å². The van der Waals surface area contributed by atoms with Crippen LogP contribution in [0.2, 0.25) is 0 Å². The smallest absolute Gasteiger partial charge is 0.141 e. The van der Waals surface area contributed by atoms with Crippen LogP contribution in [0.15, 0.2) is 67.3 Å². The highest BCUT2D eigenvalue weighted by Crippen LogP contribution is 2.32. The number of hydrogen-bond acceptors (Lipinski definition) is 7. The summed E-state index contributed by atoms with van der Waals surface area (Å²) in [4.78, 5) is 15.9. The summed E-state index contributed by atoms with van der Waals surface area (Å²) in [5, 5.41) is 7.96. The van der Waals surface area contributed by atoms with Gasteiger partial charge in [-0.1, -0.05) is 0 Å². The molecule has 8 heteroatoms. The molecule has 5 aromatic rings. The second kappa shape index (κ2) is 9.13. The van der Waals surface area contributed by atoms with Gasteiger partial charge in [0, 0.05) is 55.6 Å². The summed E-state index contributed by atoms with van der Waals surface area (Å²) < 4.78 is 8.18. The Hall–Kier alpha value is -4.17. The third kappa shape index (κ3) is 4.20. The summed E-state index contributed by atoms with van der Waals surface area (Å²) in [6.07, 6.45) is 3.42. The van der Waals surface area contributed by atoms with Crippen LogP contribution in [-0.2, 0) is 7.05 Å². The summed E-state index contributed by atoms with van der Waals surface area (Å²) in [5.41, 5.74) is 6.07. The Bertz CT molecular complexity index is 1560. The second-order valence-electron chi connectivity index (χ2n) is 9.38. The van der Waals surface area contributed by atoms with E-state index in [4.69, 9.17) is 4.74 Å². The molecule has 0 spiro atoms. The Kier molecular flexibility index (Phi) is 5.65. The van der Waals surface area contributed by atoms with E-state index in [1.165, 1.54) is 5.69 Å². The maximum absolute atomic E-state index is 6.18. The minimum absolute atomic E-state index is 0.436. The van der Waals surface area contributed by atoms with Crippen molar-refractivity contribution in [2.75, 3.05) is 29.9 Å². The maximum Gasteiger partial charge on any atom is 0.141 e. The predicted octanol–water partition coefficient (Wildman–Crippen LogP) is 5.16. The van der Waals surface area contributed by atoms with E-state index in [-0.39, 0.29) is 0 Å². The molecule has 0 saturated carbocycles. The van der Waals surface area contributed by atoms with Crippen molar-refractivity contribution >= 4 is 39.1 Å². The van der Waals surface area contributed by atoms with Crippen molar-refractivity contribution in [3.63, 3.8) is 0 Å². The molecule has 3 heterocycles. The molecule has 8 nitrogen and oxygen atoms in total. The fraction of sp³-hybridized carbons (Fsp3) is 0.250. The average Bonchev–Trinajstić information content (AvgIpc) is 3.26. The molecule has 0 bridgehead atoms. The van der Waals surface area contributed by atoms with Crippen LogP contribution in [0.25, 0.3) is 21.9 Å². The Morgan fingerprint density at radius 2 is 1.92 bits per heavy atom. The number of aromatic nitrogens is 4. The Morgan fingerprint density at radius 1 is 1.00 bits per heavy atom. The van der Waals surface area contributed by atoms with E-state index in [9.17, 15) is 0 Å². The van der Waals surface area contributed by atoms with Crippen molar-refractivity contribution in [2.45, 2.75) is 19.9 Å². The second-order valence-corrected chi connectivity index (χ2v) is 9.38. The van der Waals surface area contributed by atoms with Crippen molar-refractivity contribution in [1.29, 1.82) is 0 Å². The zero-order chi connectivity index (χ0) is 24.6. The van der Waals surface area contributed by atoms with Gasteiger partial charge < -0.3 is 24.8 Å². The van der Waals surface area contributed by atoms with E-state index in [0.29, 0.717) is 6.04 Å². The van der Waals surface area contributed by atoms with Gasteiger partial charge in [0.15, 0.2) is 0 Å². The van der Waals surface area contributed by atoms with Gasteiger partial charge in [0.25, 0.3) is 0 Å². The standard InChI is InChI=1S/C28H29N7O/c1-18-12-20(4-9-27(18)36-22-6-8-26-25(14-22)32-17-34(26)3)33-28-23-13-21(5-7-24(23)30-16-31-28)35-11-10-29-15-19(35)2/h4-9,12-14,16-17,19,29H,10-11,15H2,1-3H3,(H,30,31,33)/t19-/m0/s1. The number of anilines is 3. The summed E-state index contributed by atoms with van der Waals surface area (Å²) >= 11 is 0. The number of imidazole rings is 1. The first kappa shape index (κ1) is 22.3. The monoisotopic (exact) mass is 479 g/mol. The number of benzene rings is 3. The quantitative estimate of drug-likeness (QED) is 0.360. The highest BCUT2D eigenvalue weighted by molar-refractivity contribution is 5.93. The first-order chi connectivity index (χ1) is 17.5. The summed E-state index contributed by atoms with van der Waals surface area (Å²) in [7, 11) is 1.99. The van der Waals surface area contributed by atoms with Crippen LogP contribution in [0.4, 0.5) is 17.2 Å². The zero-order valence-electron chi connectivity index (χ0n) is 20.7. The minimum atomic E-state index is 0.436. The molecule has 0 amide bonds. The van der Waals surface area contributed by atoms with Gasteiger partial charge in [-0.2, -0.15) is 0 Å². The normalized spacial score (nSPS) is 16.0. The third-order valence-corrected chi connectivity index (χ3v) is 6.81. The average molecular weight is 480 g/mol. The van der Waals surface area contributed by atoms with Crippen LogP contribution in [0.3, 0.4) is 0 Å². The SMILES string of the molecule is Cc1cc(Nc2ncnc3ccc(N4CCNC[C@@H]4C)cc23)ccc1Oc1ccc2c(c1)ncn2C. The minimum Gasteiger partial charge on any atom is -0.457 e. The lowest BCUT2D eigenvalue weighted by Crippen LogP contribution is -2.49. The van der Waals surface area contributed by atoms with Crippen LogP contribution < -0.4 is 20.3 Å². The Morgan fingerprint density at radius 3 is 2.78 bits per heavy atom. The molecule has 36 heavy (non-hydrogen) atoms. The van der Waals surface area contributed by atoms with E-state index in [0.717, 1.165) is 70.1 Å². The first-order valence-electron chi connectivity index (χ1n) is 12.2. The highest BCUT2D eigenvalue weighted by atomic mass is 16.5. The molecule has 1 atom stereocenters. The van der Waals surface area contributed by atoms with E-state index < -0.39 is 0 Å². The number of piperazine rings is 1. The summed E-state index contributed by atoms with van der Waals surface area (Å²) in [5.74, 6) is 2.36. The van der Waals surface area contributed by atoms with Crippen LogP contribution in [0, 0.1) is 6.92 Å². The van der Waals surface area contributed by atoms with Crippen molar-refractivity contribution in [1.82, 2.24) is 24.8 Å². The van der Waals surface area contributed by atoms with Gasteiger partial charge in [0.2, 0.25) is 0 Å². The molecule has 3 aromatic carbocycles. The van der Waals surface area contributed by atoms with Crippen molar-refractivity contribution in [3.8, 4) is 11.5 Å². The van der Waals surface area contributed by atoms with Crippen LogP contribution in [-0.4, -0.2) is 45.2 Å². The van der Waals surface area contributed by atoms with E-state index in [1.54, 1.807) is 6.33 Å². The topological polar surface area (TPSA) is 80.1 Å². The molecule has 1 fully saturated rings. The molecule has 1 saturated heterocycles. The zero-order valence-corrected chi connectivity index (χ0v) is 20.7. The number of nitrogens with one attached hydrogen (secondary N) is 2. The molecule has 182 valence electrons. The molecule has 1 aliphatic heterocycles. The number of nitrogens with zero attached hydrogens (tertiary/aromatic N) is 5. The lowest BCUT2D eigenvalue weighted by molar-refractivity contribution is 0.479. The summed E-state index contributed by atoms with van der Waals surface area (Å²) in [6.45, 7) is 7.25. The fourth-order valence-corrected chi connectivity index (χ4v) is 4.83. The Labute approximate surface area is 210 Å². The fourth-order valence-electron chi connectivity index (χ4n) is 4.83. The van der Waals surface area contributed by atoms with E-state index in [2.05, 4.69) is 61.7 Å². The number of ether oxygens (including phenoxy) is 1. The highest BCUT2D eigenvalue weighted by Gasteiger charge is 2.19. The molecule has 0 radical (unpaired) electrons. The van der Waals surface area contributed by atoms with Gasteiger partial charge in [-0.3, -0.25) is 0 Å². The lowest BCUT2D eigenvalue weighted by Gasteiger charge is -2.36. The van der Waals surface area contributed by atoms with E-state index in [1.807, 2.05) is 55.2 Å². The largest absolute Gasteiger partial charge is 0.457 e. The molecule has 2 N–H and O–H groups in total. The van der Waals surface area contributed by atoms with Gasteiger partial charge in [-0.15, -0.1) is 0 Å². The van der Waals surface area contributed by atoms with Gasteiger partial charge in [-0.25, -0.2) is 15.0 Å². The van der Waals surface area contributed by atoms with Crippen LogP contribution in [0.5, 0.6) is 11.5 Å². The van der Waals surface area contributed by atoms with Crippen LogP contribution in [0.1, 0.15) is 12.5 Å². The maximum atomic E-state index is 6.18. The van der Waals surface area contributed by atoms with Crippen molar-refractivity contribution < 1.29 is 4.74 Å². The lowest BCUT2D eigenvalue weighted by atomic mass is 10.1. The Balaban J connectivity index is 1.25. The third-order valence-electron chi connectivity index (χ3n) is 6.81. The van der Waals surface area contributed by atoms with Crippen molar-refractivity contribution in [3.05, 3.63) is 72.8 Å². The molecular weight excluding hydrogens is 450 g/mol. The molecule has 0 unspecified atom stereocenters. The number of rotatable bonds is 5. The molecule has 2 aromatic heterocycles. The number of fused-ring (bicyclic) bond motifs is 2. The molecule has 6 rings (SSSR count). The van der Waals surface area contributed by atoms with Crippen LogP contribution >= 0.6 is 0 Å². The van der Waals surface area contributed by atoms with Gasteiger partial charge in [0.1, 0.15) is 23.6 Å². The molecule has 1 aliphatic rings. The van der Waals surface area contributed by atoms with E-state index >= 15 is 0 Å². The summed E-state index contributed by atoms with van der Waals surface area (Å²) in [6, 6.07) is 18.9. The van der Waals surface area contributed by atoms with Gasteiger partial charge >= 0.3 is 0 Å². The number of hydrogen-bond donors (Lipinski definition) is 2. The molecular formula is C28H29N7O. The molecule has 0 aliphatic carbocycles. The van der Waals surface area contributed by atoms with Crippen molar-refractivity contribution in [2.24, 2.45) is 7.05 Å². The first-order valence-corrected chi connectivity index (χ1v) is 12.2. The van der Waals surface area contributed by atoms with Gasteiger partial charge in [-0.05, 0) is 67.9 Å². The predicted molar refractivity (Wildman–Crippen MR) is 144 cm³/mol. The number of aryl methyl sites for hydroxylation is 2.